The zero-order valence-electron chi connectivity index (χ0n) is 9.34. The Morgan fingerprint density at radius 2 is 2.25 bits per heavy atom. The van der Waals surface area contributed by atoms with Crippen LogP contribution in [-0.4, -0.2) is 17.8 Å². The van der Waals surface area contributed by atoms with Crippen LogP contribution in [0.1, 0.15) is 25.3 Å². The van der Waals surface area contributed by atoms with E-state index in [-0.39, 0.29) is 6.10 Å². The molecule has 2 nitrogen and oxygen atoms in total. The lowest BCUT2D eigenvalue weighted by molar-refractivity contribution is 0.159. The van der Waals surface area contributed by atoms with Crippen LogP contribution in [0.5, 0.6) is 0 Å². The van der Waals surface area contributed by atoms with Gasteiger partial charge in [0.05, 0.1) is 6.10 Å². The molecule has 0 bridgehead atoms. The lowest BCUT2D eigenvalue weighted by Crippen LogP contribution is -2.19. The average molecular weight is 307 g/mol. The number of aliphatic hydroxyl groups is 1. The van der Waals surface area contributed by atoms with Gasteiger partial charge in [-0.15, -0.1) is 0 Å². The van der Waals surface area contributed by atoms with Gasteiger partial charge in [0.25, 0.3) is 0 Å². The van der Waals surface area contributed by atoms with Crippen LogP contribution in [0.4, 0.5) is 0 Å². The van der Waals surface area contributed by atoms with Crippen molar-refractivity contribution in [3.63, 3.8) is 0 Å². The van der Waals surface area contributed by atoms with Crippen molar-refractivity contribution >= 4 is 27.5 Å². The molecule has 0 spiro atoms. The van der Waals surface area contributed by atoms with Crippen LogP contribution in [0.3, 0.4) is 0 Å². The van der Waals surface area contributed by atoms with Crippen molar-refractivity contribution in [2.45, 2.75) is 32.4 Å². The Bertz CT molecular complexity index is 333. The second-order valence-corrected chi connectivity index (χ2v) is 5.09. The minimum absolute atomic E-state index is 0.201. The lowest BCUT2D eigenvalue weighted by atomic mass is 10.2. The van der Waals surface area contributed by atoms with Crippen LogP contribution in [0.25, 0.3) is 0 Å². The second-order valence-electron chi connectivity index (χ2n) is 3.76. The van der Waals surface area contributed by atoms with Gasteiger partial charge in [-0.2, -0.15) is 0 Å². The van der Waals surface area contributed by atoms with Gasteiger partial charge < -0.3 is 10.4 Å². The highest BCUT2D eigenvalue weighted by Gasteiger charge is 2.02. The van der Waals surface area contributed by atoms with Gasteiger partial charge in [0.1, 0.15) is 0 Å². The Hall–Kier alpha value is -0.0900. The maximum Gasteiger partial charge on any atom is 0.0549 e. The highest BCUT2D eigenvalue weighted by molar-refractivity contribution is 9.10. The third-order valence-corrected chi connectivity index (χ3v) is 3.30. The third-order valence-electron chi connectivity index (χ3n) is 2.46. The standard InChI is InChI=1S/C12H17BrClNO/c1-2-11(16)5-6-15-8-9-3-4-10(13)7-12(9)14/h3-4,7,11,15-16H,2,5-6,8H2,1H3. The summed E-state index contributed by atoms with van der Waals surface area (Å²) < 4.78 is 0.989. The lowest BCUT2D eigenvalue weighted by Gasteiger charge is -2.09. The van der Waals surface area contributed by atoms with Crippen LogP contribution in [-0.2, 0) is 6.54 Å². The summed E-state index contributed by atoms with van der Waals surface area (Å²) in [6.45, 7) is 3.53. The highest BCUT2D eigenvalue weighted by Crippen LogP contribution is 2.21. The molecule has 0 aliphatic carbocycles. The Labute approximate surface area is 110 Å². The molecule has 0 aliphatic heterocycles. The molecule has 0 saturated carbocycles. The smallest absolute Gasteiger partial charge is 0.0549 e. The minimum Gasteiger partial charge on any atom is -0.393 e. The van der Waals surface area contributed by atoms with Crippen molar-refractivity contribution in [1.29, 1.82) is 0 Å². The van der Waals surface area contributed by atoms with Crippen molar-refractivity contribution in [3.05, 3.63) is 33.3 Å². The van der Waals surface area contributed by atoms with E-state index in [1.807, 2.05) is 25.1 Å². The fourth-order valence-corrected chi connectivity index (χ4v) is 2.10. The summed E-state index contributed by atoms with van der Waals surface area (Å²) in [7, 11) is 0. The van der Waals surface area contributed by atoms with E-state index in [2.05, 4.69) is 21.2 Å². The first-order chi connectivity index (χ1) is 7.63. The minimum atomic E-state index is -0.201. The Morgan fingerprint density at radius 3 is 2.88 bits per heavy atom. The zero-order valence-corrected chi connectivity index (χ0v) is 11.7. The van der Waals surface area contributed by atoms with Gasteiger partial charge in [0.2, 0.25) is 0 Å². The molecule has 0 fully saturated rings. The summed E-state index contributed by atoms with van der Waals surface area (Å²) in [6, 6.07) is 5.86. The molecule has 0 saturated heterocycles. The van der Waals surface area contributed by atoms with Crippen molar-refractivity contribution in [3.8, 4) is 0 Å². The van der Waals surface area contributed by atoms with Crippen LogP contribution < -0.4 is 5.32 Å². The number of hydrogen-bond acceptors (Lipinski definition) is 2. The maximum atomic E-state index is 9.37. The van der Waals surface area contributed by atoms with Crippen LogP contribution in [0.15, 0.2) is 22.7 Å². The molecule has 1 aromatic rings. The molecule has 1 unspecified atom stereocenters. The largest absolute Gasteiger partial charge is 0.393 e. The van der Waals surface area contributed by atoms with Gasteiger partial charge in [0, 0.05) is 16.0 Å². The quantitative estimate of drug-likeness (QED) is 0.790. The van der Waals surface area contributed by atoms with Crippen molar-refractivity contribution in [2.24, 2.45) is 0 Å². The van der Waals surface area contributed by atoms with Crippen LogP contribution in [0, 0.1) is 0 Å². The summed E-state index contributed by atoms with van der Waals surface area (Å²) >= 11 is 9.45. The molecule has 0 aromatic heterocycles. The molecular formula is C12H17BrClNO. The fourth-order valence-electron chi connectivity index (χ4n) is 1.36. The number of hydrogen-bond donors (Lipinski definition) is 2. The number of halogens is 2. The number of benzene rings is 1. The van der Waals surface area contributed by atoms with Gasteiger partial charge in [0.15, 0.2) is 0 Å². The first kappa shape index (κ1) is 14.0. The van der Waals surface area contributed by atoms with Crippen LogP contribution >= 0.6 is 27.5 Å². The average Bonchev–Trinajstić information content (AvgIpc) is 2.26. The van der Waals surface area contributed by atoms with Crippen molar-refractivity contribution in [2.75, 3.05) is 6.54 Å². The summed E-state index contributed by atoms with van der Waals surface area (Å²) in [6.07, 6.45) is 1.39. The predicted molar refractivity (Wildman–Crippen MR) is 71.8 cm³/mol. The van der Waals surface area contributed by atoms with E-state index >= 15 is 0 Å². The highest BCUT2D eigenvalue weighted by atomic mass is 79.9. The summed E-state index contributed by atoms with van der Waals surface area (Å²) in [5.41, 5.74) is 1.08. The Morgan fingerprint density at radius 1 is 1.50 bits per heavy atom. The zero-order chi connectivity index (χ0) is 12.0. The number of nitrogens with one attached hydrogen (secondary N) is 1. The van der Waals surface area contributed by atoms with Gasteiger partial charge in [-0.1, -0.05) is 40.5 Å². The normalized spacial score (nSPS) is 12.8. The Kier molecular flexibility index (Phi) is 6.36. The topological polar surface area (TPSA) is 32.3 Å². The van der Waals surface area contributed by atoms with E-state index in [0.717, 1.165) is 41.0 Å². The predicted octanol–water partition coefficient (Wildman–Crippen LogP) is 3.35. The molecule has 1 aromatic carbocycles. The first-order valence-electron chi connectivity index (χ1n) is 5.46. The van der Waals surface area contributed by atoms with E-state index in [9.17, 15) is 5.11 Å². The molecule has 0 heterocycles. The molecule has 4 heteroatoms. The summed E-state index contributed by atoms with van der Waals surface area (Å²) in [5.74, 6) is 0. The van der Waals surface area contributed by atoms with Crippen molar-refractivity contribution in [1.82, 2.24) is 5.32 Å². The van der Waals surface area contributed by atoms with E-state index in [4.69, 9.17) is 11.6 Å². The first-order valence-corrected chi connectivity index (χ1v) is 6.63. The summed E-state index contributed by atoms with van der Waals surface area (Å²) in [5, 5.41) is 13.4. The van der Waals surface area contributed by atoms with E-state index in [1.54, 1.807) is 0 Å². The van der Waals surface area contributed by atoms with E-state index in [1.165, 1.54) is 0 Å². The SMILES string of the molecule is CCC(O)CCNCc1ccc(Br)cc1Cl. The second kappa shape index (κ2) is 7.28. The molecule has 0 aliphatic rings. The summed E-state index contributed by atoms with van der Waals surface area (Å²) in [4.78, 5) is 0. The molecule has 16 heavy (non-hydrogen) atoms. The molecule has 0 amide bonds. The van der Waals surface area contributed by atoms with E-state index in [0.29, 0.717) is 0 Å². The van der Waals surface area contributed by atoms with Crippen LogP contribution in [0.2, 0.25) is 5.02 Å². The number of rotatable bonds is 6. The number of aliphatic hydroxyl groups excluding tert-OH is 1. The molecule has 0 radical (unpaired) electrons. The molecule has 90 valence electrons. The van der Waals surface area contributed by atoms with Crippen molar-refractivity contribution < 1.29 is 5.11 Å². The van der Waals surface area contributed by atoms with Gasteiger partial charge >= 0.3 is 0 Å². The Balaban J connectivity index is 2.32. The van der Waals surface area contributed by atoms with Gasteiger partial charge in [-0.25, -0.2) is 0 Å². The van der Waals surface area contributed by atoms with E-state index < -0.39 is 0 Å². The van der Waals surface area contributed by atoms with Gasteiger partial charge in [-0.3, -0.25) is 0 Å². The monoisotopic (exact) mass is 305 g/mol. The molecule has 1 atom stereocenters. The molecule has 2 N–H and O–H groups in total. The molecular weight excluding hydrogens is 289 g/mol. The fraction of sp³-hybridized carbons (Fsp3) is 0.500. The van der Waals surface area contributed by atoms with Gasteiger partial charge in [-0.05, 0) is 37.1 Å². The molecule has 1 rings (SSSR count). The maximum absolute atomic E-state index is 9.37. The third kappa shape index (κ3) is 4.83.